The number of nitrogens with two attached hydrogens (primary N) is 4. The molecule has 0 bridgehead atoms. The summed E-state index contributed by atoms with van der Waals surface area (Å²) in [7, 11) is 0. The van der Waals surface area contributed by atoms with Crippen molar-refractivity contribution in [3.8, 4) is 0 Å². The first-order chi connectivity index (χ1) is 10.1. The van der Waals surface area contributed by atoms with Crippen LogP contribution in [0.5, 0.6) is 0 Å². The second kappa shape index (κ2) is 13.5. The summed E-state index contributed by atoms with van der Waals surface area (Å²) in [5, 5.41) is 6.34. The predicted molar refractivity (Wildman–Crippen MR) is 117 cm³/mol. The fourth-order valence-electron chi connectivity index (χ4n) is 1.71. The van der Waals surface area contributed by atoms with E-state index in [1.54, 1.807) is 0 Å². The van der Waals surface area contributed by atoms with Crippen LogP contribution >= 0.6 is 49.6 Å². The number of hydrogen-bond acceptors (Lipinski definition) is 8. The maximum atomic E-state index is 5.62. The van der Waals surface area contributed by atoms with Crippen molar-refractivity contribution in [2.45, 2.75) is 6.42 Å². The number of nitrogens with zero attached hydrogens (tertiary/aromatic N) is 2. The molecule has 0 fully saturated rings. The lowest BCUT2D eigenvalue weighted by Gasteiger charge is -2.09. The summed E-state index contributed by atoms with van der Waals surface area (Å²) in [6.45, 7) is 1.49. The number of nitrogens with one attached hydrogen (secondary N) is 2. The molecule has 0 radical (unpaired) electrons. The molecular weight excluding hydrogens is 410 g/mol. The summed E-state index contributed by atoms with van der Waals surface area (Å²) in [5.74, 6) is 0.752. The Bertz CT molecular complexity index is 588. The van der Waals surface area contributed by atoms with E-state index in [4.69, 9.17) is 22.9 Å². The lowest BCUT2D eigenvalue weighted by atomic mass is 10.3. The zero-order valence-corrected chi connectivity index (χ0v) is 16.5. The molecule has 0 aliphatic rings. The third-order valence-corrected chi connectivity index (χ3v) is 2.88. The normalized spacial score (nSPS) is 8.64. The van der Waals surface area contributed by atoms with Gasteiger partial charge in [0.15, 0.2) is 11.6 Å². The van der Waals surface area contributed by atoms with Crippen molar-refractivity contribution < 1.29 is 0 Å². The van der Waals surface area contributed by atoms with E-state index in [0.717, 1.165) is 24.3 Å². The van der Waals surface area contributed by atoms with Gasteiger partial charge in [0.05, 0.1) is 0 Å². The second-order valence-corrected chi connectivity index (χ2v) is 4.56. The van der Waals surface area contributed by atoms with Gasteiger partial charge in [-0.05, 0) is 30.7 Å². The molecule has 1 aromatic heterocycles. The van der Waals surface area contributed by atoms with Crippen LogP contribution in [0.1, 0.15) is 6.42 Å². The molecule has 0 aliphatic heterocycles. The highest BCUT2D eigenvalue weighted by molar-refractivity contribution is 5.86. The Balaban J connectivity index is -0.00000121. The smallest absolute Gasteiger partial charge is 0.226 e. The van der Waals surface area contributed by atoms with Gasteiger partial charge in [-0.3, -0.25) is 0 Å². The summed E-state index contributed by atoms with van der Waals surface area (Å²) in [4.78, 5) is 8.03. The van der Waals surface area contributed by atoms with Crippen LogP contribution in [0.15, 0.2) is 24.3 Å². The fraction of sp³-hybridized carbons (Fsp3) is 0.231. The van der Waals surface area contributed by atoms with Crippen LogP contribution in [0, 0.1) is 0 Å². The van der Waals surface area contributed by atoms with E-state index in [2.05, 4.69) is 20.6 Å². The summed E-state index contributed by atoms with van der Waals surface area (Å²) in [6, 6.07) is 7.59. The van der Waals surface area contributed by atoms with Crippen LogP contribution in [0.3, 0.4) is 0 Å². The summed E-state index contributed by atoms with van der Waals surface area (Å²) in [6.07, 6.45) is 0.873. The number of hydrogen-bond donors (Lipinski definition) is 6. The highest BCUT2D eigenvalue weighted by atomic mass is 35.5. The van der Waals surface area contributed by atoms with Gasteiger partial charge in [-0.1, -0.05) is 0 Å². The number of halogens is 4. The standard InChI is InChI=1S/C13H20N8.4ClH/c14-8-2-4-9(5-3-8)18-6-1-7-19-13-20-11(16)10(15)12(17)21-13;;;;/h2-5,18H,1,6-7,14-15H2,(H5,16,17,19,20,21);4*1H. The van der Waals surface area contributed by atoms with E-state index in [9.17, 15) is 0 Å². The van der Waals surface area contributed by atoms with Crippen LogP contribution in [-0.4, -0.2) is 23.1 Å². The van der Waals surface area contributed by atoms with E-state index >= 15 is 0 Å². The van der Waals surface area contributed by atoms with Gasteiger partial charge in [0.1, 0.15) is 5.69 Å². The van der Waals surface area contributed by atoms with Crippen LogP contribution in [0.2, 0.25) is 0 Å². The molecule has 8 nitrogen and oxygen atoms in total. The van der Waals surface area contributed by atoms with E-state index in [1.807, 2.05) is 24.3 Å². The van der Waals surface area contributed by atoms with E-state index in [1.165, 1.54) is 0 Å². The fourth-order valence-corrected chi connectivity index (χ4v) is 1.71. The Morgan fingerprint density at radius 2 is 1.20 bits per heavy atom. The molecule has 144 valence electrons. The minimum absolute atomic E-state index is 0. The molecule has 0 spiro atoms. The molecular formula is C13H24Cl4N8. The van der Waals surface area contributed by atoms with Crippen molar-refractivity contribution in [1.29, 1.82) is 0 Å². The van der Waals surface area contributed by atoms with Crippen molar-refractivity contribution in [3.63, 3.8) is 0 Å². The van der Waals surface area contributed by atoms with Gasteiger partial charge in [0.2, 0.25) is 5.95 Å². The maximum absolute atomic E-state index is 5.62. The highest BCUT2D eigenvalue weighted by Gasteiger charge is 2.05. The Morgan fingerprint density at radius 1 is 0.720 bits per heavy atom. The SMILES string of the molecule is Cl.Cl.Cl.Cl.Nc1ccc(NCCCNc2nc(N)c(N)c(N)n2)cc1. The molecule has 1 aromatic carbocycles. The topological polar surface area (TPSA) is 154 Å². The first-order valence-corrected chi connectivity index (χ1v) is 6.58. The van der Waals surface area contributed by atoms with Crippen molar-refractivity contribution in [3.05, 3.63) is 24.3 Å². The number of aromatic nitrogens is 2. The summed E-state index contributed by atoms with van der Waals surface area (Å²) < 4.78 is 0. The zero-order chi connectivity index (χ0) is 15.2. The van der Waals surface area contributed by atoms with E-state index < -0.39 is 0 Å². The van der Waals surface area contributed by atoms with Crippen molar-refractivity contribution >= 4 is 84.3 Å². The summed E-state index contributed by atoms with van der Waals surface area (Å²) >= 11 is 0. The van der Waals surface area contributed by atoms with Gasteiger partial charge < -0.3 is 33.6 Å². The van der Waals surface area contributed by atoms with Gasteiger partial charge >= 0.3 is 0 Å². The molecule has 25 heavy (non-hydrogen) atoms. The van der Waals surface area contributed by atoms with Gasteiger partial charge in [-0.15, -0.1) is 49.6 Å². The van der Waals surface area contributed by atoms with Gasteiger partial charge in [-0.2, -0.15) is 9.97 Å². The van der Waals surface area contributed by atoms with Crippen molar-refractivity contribution in [1.82, 2.24) is 9.97 Å². The van der Waals surface area contributed by atoms with Crippen molar-refractivity contribution in [2.75, 3.05) is 46.7 Å². The van der Waals surface area contributed by atoms with Crippen LogP contribution in [0.4, 0.5) is 34.6 Å². The molecule has 0 saturated carbocycles. The molecule has 2 aromatic rings. The molecule has 0 aliphatic carbocycles. The second-order valence-electron chi connectivity index (χ2n) is 4.56. The number of nitrogen functional groups attached to an aromatic ring is 4. The first-order valence-electron chi connectivity index (χ1n) is 6.58. The van der Waals surface area contributed by atoms with Gasteiger partial charge in [-0.25, -0.2) is 0 Å². The van der Waals surface area contributed by atoms with E-state index in [-0.39, 0.29) is 67.0 Å². The van der Waals surface area contributed by atoms with Crippen molar-refractivity contribution in [2.24, 2.45) is 0 Å². The molecule has 0 amide bonds. The minimum Gasteiger partial charge on any atom is -0.399 e. The van der Waals surface area contributed by atoms with E-state index in [0.29, 0.717) is 12.5 Å². The van der Waals surface area contributed by atoms with Crippen LogP contribution in [-0.2, 0) is 0 Å². The molecule has 0 saturated heterocycles. The molecule has 12 heteroatoms. The predicted octanol–water partition coefficient (Wildman–Crippen LogP) is 2.41. The molecule has 2 rings (SSSR count). The Kier molecular flexibility index (Phi) is 15.2. The molecule has 1 heterocycles. The largest absolute Gasteiger partial charge is 0.399 e. The average molecular weight is 434 g/mol. The Hall–Kier alpha value is -1.74. The maximum Gasteiger partial charge on any atom is 0.226 e. The molecule has 10 N–H and O–H groups in total. The van der Waals surface area contributed by atoms with Crippen LogP contribution in [0.25, 0.3) is 0 Å². The lowest BCUT2D eigenvalue weighted by Crippen LogP contribution is -2.13. The Labute approximate surface area is 171 Å². The zero-order valence-electron chi connectivity index (χ0n) is 13.3. The van der Waals surface area contributed by atoms with Gasteiger partial charge in [0.25, 0.3) is 0 Å². The minimum atomic E-state index is 0. The third-order valence-electron chi connectivity index (χ3n) is 2.88. The highest BCUT2D eigenvalue weighted by Crippen LogP contribution is 2.19. The third kappa shape index (κ3) is 8.78. The molecule has 0 atom stereocenters. The quantitative estimate of drug-likeness (QED) is 0.299. The molecule has 0 unspecified atom stereocenters. The van der Waals surface area contributed by atoms with Gasteiger partial charge in [0, 0.05) is 24.5 Å². The van der Waals surface area contributed by atoms with Crippen LogP contribution < -0.4 is 33.6 Å². The number of rotatable bonds is 6. The number of anilines is 6. The first kappa shape index (κ1) is 28.1. The lowest BCUT2D eigenvalue weighted by molar-refractivity contribution is 0.896. The Morgan fingerprint density at radius 3 is 1.72 bits per heavy atom. The summed E-state index contributed by atoms with van der Waals surface area (Å²) in [5.41, 5.74) is 24.4. The monoisotopic (exact) mass is 432 g/mol. The average Bonchev–Trinajstić information content (AvgIpc) is 2.46. The number of benzene rings is 1.